The van der Waals surface area contributed by atoms with Gasteiger partial charge in [-0.3, -0.25) is 9.52 Å². The number of fused-ring (bicyclic) bond motifs is 1. The van der Waals surface area contributed by atoms with E-state index in [0.29, 0.717) is 35.7 Å². The number of methoxy groups -OCH3 is 2. The van der Waals surface area contributed by atoms with Crippen molar-refractivity contribution in [2.75, 3.05) is 30.4 Å². The highest BCUT2D eigenvalue weighted by molar-refractivity contribution is 7.92. The molecule has 0 aliphatic carbocycles. The van der Waals surface area contributed by atoms with E-state index in [1.54, 1.807) is 35.2 Å². The molecule has 0 unspecified atom stereocenters. The van der Waals surface area contributed by atoms with E-state index in [0.717, 1.165) is 23.2 Å². The fourth-order valence-electron chi connectivity index (χ4n) is 3.89. The van der Waals surface area contributed by atoms with Gasteiger partial charge >= 0.3 is 0 Å². The van der Waals surface area contributed by atoms with Crippen LogP contribution in [0.25, 0.3) is 0 Å². The molecule has 0 saturated carbocycles. The Labute approximate surface area is 194 Å². The van der Waals surface area contributed by atoms with Gasteiger partial charge in [0.2, 0.25) is 0 Å². The van der Waals surface area contributed by atoms with Gasteiger partial charge in [-0.05, 0) is 67.8 Å². The second-order valence-corrected chi connectivity index (χ2v) is 9.57. The standard InChI is InChI=1S/C25H26N2O5S/c1-17-6-8-18(9-7-17)25(28)27-14-4-5-19-15-21(11-13-23(19)27)33(29,30)26-22-12-10-20(31-2)16-24(22)32-3/h6-13,15-16,26H,4-5,14H2,1-3H3. The summed E-state index contributed by atoms with van der Waals surface area (Å²) in [6, 6.07) is 17.2. The molecule has 1 aliphatic rings. The molecule has 4 rings (SSSR count). The molecule has 0 radical (unpaired) electrons. The minimum absolute atomic E-state index is 0.0901. The number of ether oxygens (including phenoxy) is 2. The summed E-state index contributed by atoms with van der Waals surface area (Å²) in [5.74, 6) is 0.820. The van der Waals surface area contributed by atoms with Gasteiger partial charge in [-0.1, -0.05) is 17.7 Å². The molecule has 3 aromatic carbocycles. The van der Waals surface area contributed by atoms with E-state index < -0.39 is 10.0 Å². The number of benzene rings is 3. The topological polar surface area (TPSA) is 84.9 Å². The summed E-state index contributed by atoms with van der Waals surface area (Å²) < 4.78 is 39.3. The SMILES string of the molecule is COc1ccc(NS(=O)(=O)c2ccc3c(c2)CCCN3C(=O)c2ccc(C)cc2)c(OC)c1. The number of hydrogen-bond acceptors (Lipinski definition) is 5. The molecule has 0 bridgehead atoms. The Kier molecular flexibility index (Phi) is 6.29. The van der Waals surface area contributed by atoms with E-state index in [4.69, 9.17) is 9.47 Å². The highest BCUT2D eigenvalue weighted by Gasteiger charge is 2.26. The van der Waals surface area contributed by atoms with Crippen LogP contribution in [-0.4, -0.2) is 35.1 Å². The zero-order chi connectivity index (χ0) is 23.6. The molecular formula is C25H26N2O5S. The Morgan fingerprint density at radius 1 is 0.970 bits per heavy atom. The molecule has 1 aliphatic heterocycles. The number of nitrogens with one attached hydrogen (secondary N) is 1. The Morgan fingerprint density at radius 3 is 2.42 bits per heavy atom. The quantitative estimate of drug-likeness (QED) is 0.582. The molecular weight excluding hydrogens is 440 g/mol. The number of carbonyl (C=O) groups is 1. The first-order valence-corrected chi connectivity index (χ1v) is 12.1. The largest absolute Gasteiger partial charge is 0.497 e. The lowest BCUT2D eigenvalue weighted by Crippen LogP contribution is -2.35. The smallest absolute Gasteiger partial charge is 0.262 e. The van der Waals surface area contributed by atoms with E-state index in [2.05, 4.69) is 4.72 Å². The molecule has 3 aromatic rings. The molecule has 172 valence electrons. The van der Waals surface area contributed by atoms with Crippen molar-refractivity contribution in [3.63, 3.8) is 0 Å². The molecule has 1 amide bonds. The number of nitrogens with zero attached hydrogens (tertiary/aromatic N) is 1. The van der Waals surface area contributed by atoms with Crippen LogP contribution in [0, 0.1) is 6.92 Å². The molecule has 0 atom stereocenters. The van der Waals surface area contributed by atoms with Crippen molar-refractivity contribution in [1.82, 2.24) is 0 Å². The van der Waals surface area contributed by atoms with Crippen LogP contribution < -0.4 is 19.1 Å². The molecule has 8 heteroatoms. The van der Waals surface area contributed by atoms with Crippen LogP contribution in [-0.2, 0) is 16.4 Å². The predicted molar refractivity (Wildman–Crippen MR) is 128 cm³/mol. The van der Waals surface area contributed by atoms with Crippen LogP contribution in [0.4, 0.5) is 11.4 Å². The molecule has 0 spiro atoms. The minimum Gasteiger partial charge on any atom is -0.497 e. The summed E-state index contributed by atoms with van der Waals surface area (Å²) in [4.78, 5) is 14.9. The molecule has 0 aromatic heterocycles. The van der Waals surface area contributed by atoms with E-state index in [-0.39, 0.29) is 10.8 Å². The van der Waals surface area contributed by atoms with Crippen molar-refractivity contribution >= 4 is 27.3 Å². The number of rotatable bonds is 6. The minimum atomic E-state index is -3.87. The fourth-order valence-corrected chi connectivity index (χ4v) is 5.01. The summed E-state index contributed by atoms with van der Waals surface area (Å²) in [6.45, 7) is 2.56. The Morgan fingerprint density at radius 2 is 1.73 bits per heavy atom. The number of sulfonamides is 1. The molecule has 33 heavy (non-hydrogen) atoms. The summed E-state index contributed by atoms with van der Waals surface area (Å²) in [6.07, 6.45) is 1.45. The summed E-state index contributed by atoms with van der Waals surface area (Å²) in [5, 5.41) is 0. The van der Waals surface area contributed by atoms with Crippen LogP contribution >= 0.6 is 0 Å². The third-order valence-corrected chi connectivity index (χ3v) is 7.04. The average molecular weight is 467 g/mol. The van der Waals surface area contributed by atoms with Gasteiger partial charge in [0.1, 0.15) is 11.5 Å². The Balaban J connectivity index is 1.62. The Hall–Kier alpha value is -3.52. The van der Waals surface area contributed by atoms with Gasteiger partial charge in [0, 0.05) is 23.9 Å². The van der Waals surface area contributed by atoms with Crippen molar-refractivity contribution in [3.05, 3.63) is 77.4 Å². The van der Waals surface area contributed by atoms with Gasteiger partial charge in [0.25, 0.3) is 15.9 Å². The van der Waals surface area contributed by atoms with Gasteiger partial charge < -0.3 is 14.4 Å². The monoisotopic (exact) mass is 466 g/mol. The van der Waals surface area contributed by atoms with Crippen LogP contribution in [0.15, 0.2) is 65.6 Å². The second-order valence-electron chi connectivity index (χ2n) is 7.89. The van der Waals surface area contributed by atoms with Crippen molar-refractivity contribution in [1.29, 1.82) is 0 Å². The number of anilines is 2. The second kappa shape index (κ2) is 9.15. The summed E-state index contributed by atoms with van der Waals surface area (Å²) in [7, 11) is -0.878. The van der Waals surface area contributed by atoms with Gasteiger partial charge in [0.15, 0.2) is 0 Å². The Bertz CT molecular complexity index is 1290. The number of carbonyl (C=O) groups excluding carboxylic acids is 1. The summed E-state index contributed by atoms with van der Waals surface area (Å²) in [5.41, 5.74) is 3.58. The molecule has 7 nitrogen and oxygen atoms in total. The van der Waals surface area contributed by atoms with Crippen LogP contribution in [0.5, 0.6) is 11.5 Å². The van der Waals surface area contributed by atoms with Gasteiger partial charge in [-0.15, -0.1) is 0 Å². The zero-order valence-electron chi connectivity index (χ0n) is 18.8. The highest BCUT2D eigenvalue weighted by Crippen LogP contribution is 2.33. The van der Waals surface area contributed by atoms with Crippen LogP contribution in [0.3, 0.4) is 0 Å². The normalized spacial score (nSPS) is 13.2. The highest BCUT2D eigenvalue weighted by atomic mass is 32.2. The maximum Gasteiger partial charge on any atom is 0.262 e. The number of amides is 1. The van der Waals surface area contributed by atoms with Crippen molar-refractivity contribution in [2.24, 2.45) is 0 Å². The first kappa shape index (κ1) is 22.7. The first-order chi connectivity index (χ1) is 15.8. The van der Waals surface area contributed by atoms with E-state index in [9.17, 15) is 13.2 Å². The lowest BCUT2D eigenvalue weighted by atomic mass is 10.0. The van der Waals surface area contributed by atoms with Crippen molar-refractivity contribution < 1.29 is 22.7 Å². The van der Waals surface area contributed by atoms with E-state index >= 15 is 0 Å². The lowest BCUT2D eigenvalue weighted by molar-refractivity contribution is 0.0985. The lowest BCUT2D eigenvalue weighted by Gasteiger charge is -2.30. The molecule has 1 heterocycles. The van der Waals surface area contributed by atoms with Crippen LogP contribution in [0.1, 0.15) is 27.9 Å². The molecule has 0 saturated heterocycles. The number of hydrogen-bond donors (Lipinski definition) is 1. The van der Waals surface area contributed by atoms with Crippen molar-refractivity contribution in [2.45, 2.75) is 24.7 Å². The molecule has 1 N–H and O–H groups in total. The predicted octanol–water partition coefficient (Wildman–Crippen LogP) is 4.41. The first-order valence-electron chi connectivity index (χ1n) is 10.6. The van der Waals surface area contributed by atoms with Crippen molar-refractivity contribution in [3.8, 4) is 11.5 Å². The van der Waals surface area contributed by atoms with Gasteiger partial charge in [-0.25, -0.2) is 8.42 Å². The maximum atomic E-state index is 13.1. The number of aryl methyl sites for hydroxylation is 2. The summed E-state index contributed by atoms with van der Waals surface area (Å²) >= 11 is 0. The fraction of sp³-hybridized carbons (Fsp3) is 0.240. The third kappa shape index (κ3) is 4.66. The zero-order valence-corrected chi connectivity index (χ0v) is 19.6. The van der Waals surface area contributed by atoms with E-state index in [1.165, 1.54) is 20.3 Å². The van der Waals surface area contributed by atoms with E-state index in [1.807, 2.05) is 31.2 Å². The third-order valence-electron chi connectivity index (χ3n) is 5.68. The van der Waals surface area contributed by atoms with Crippen LogP contribution in [0.2, 0.25) is 0 Å². The average Bonchev–Trinajstić information content (AvgIpc) is 2.83. The maximum absolute atomic E-state index is 13.1. The van der Waals surface area contributed by atoms with Gasteiger partial charge in [-0.2, -0.15) is 0 Å². The van der Waals surface area contributed by atoms with Gasteiger partial charge in [0.05, 0.1) is 24.8 Å². The molecule has 0 fully saturated rings.